The zero-order chi connectivity index (χ0) is 17.8. The number of aromatic carboxylic acids is 1. The first-order chi connectivity index (χ1) is 12.0. The monoisotopic (exact) mass is 399 g/mol. The van der Waals surface area contributed by atoms with Crippen molar-refractivity contribution >= 4 is 44.4 Å². The van der Waals surface area contributed by atoms with Gasteiger partial charge in [0.05, 0.1) is 5.69 Å². The molecule has 0 saturated heterocycles. The molecule has 1 heterocycles. The number of rotatable bonds is 4. The Hall–Kier alpha value is -2.93. The highest BCUT2D eigenvalue weighted by atomic mass is 79.9. The third kappa shape index (κ3) is 4.13. The number of halogens is 1. The van der Waals surface area contributed by atoms with E-state index in [0.717, 1.165) is 15.4 Å². The number of anilines is 1. The van der Waals surface area contributed by atoms with Crippen molar-refractivity contribution in [1.29, 1.82) is 0 Å². The molecule has 0 atom stereocenters. The van der Waals surface area contributed by atoms with Gasteiger partial charge in [-0.15, -0.1) is 0 Å². The summed E-state index contributed by atoms with van der Waals surface area (Å²) in [6.45, 7) is 0.381. The van der Waals surface area contributed by atoms with E-state index in [1.165, 1.54) is 12.3 Å². The number of nitrogens with zero attached hydrogens (tertiary/aromatic N) is 1. The molecule has 3 aromatic rings. The summed E-state index contributed by atoms with van der Waals surface area (Å²) in [6, 6.07) is 14.0. The quantitative estimate of drug-likeness (QED) is 0.617. The Morgan fingerprint density at radius 2 is 1.88 bits per heavy atom. The first-order valence-electron chi connectivity index (χ1n) is 7.44. The van der Waals surface area contributed by atoms with Crippen molar-refractivity contribution in [2.75, 3.05) is 5.32 Å². The topological polar surface area (TPSA) is 91.3 Å². The van der Waals surface area contributed by atoms with Gasteiger partial charge >= 0.3 is 12.0 Å². The van der Waals surface area contributed by atoms with Crippen LogP contribution in [0.3, 0.4) is 0 Å². The first-order valence-corrected chi connectivity index (χ1v) is 8.23. The highest BCUT2D eigenvalue weighted by molar-refractivity contribution is 9.10. The molecule has 1 aromatic heterocycles. The lowest BCUT2D eigenvalue weighted by Gasteiger charge is -2.10. The minimum atomic E-state index is -1.11. The number of urea groups is 1. The van der Waals surface area contributed by atoms with Crippen molar-refractivity contribution in [3.63, 3.8) is 0 Å². The van der Waals surface area contributed by atoms with E-state index in [4.69, 9.17) is 5.11 Å². The van der Waals surface area contributed by atoms with E-state index in [9.17, 15) is 9.59 Å². The number of carboxylic acids is 1. The number of carbonyl (C=O) groups is 2. The first kappa shape index (κ1) is 16.9. The number of aromatic nitrogens is 1. The van der Waals surface area contributed by atoms with Crippen molar-refractivity contribution < 1.29 is 14.7 Å². The van der Waals surface area contributed by atoms with Crippen molar-refractivity contribution in [2.24, 2.45) is 0 Å². The Morgan fingerprint density at radius 3 is 2.60 bits per heavy atom. The van der Waals surface area contributed by atoms with Gasteiger partial charge in [0, 0.05) is 28.0 Å². The standard InChI is InChI=1S/C18H14BrN3O3/c19-13-6-4-11(5-7-13)9-21-18(25)22-15-3-1-2-12-10-20-16(17(23)24)8-14(12)15/h1-8,10H,9H2,(H,23,24)(H2,21,22,25). The summed E-state index contributed by atoms with van der Waals surface area (Å²) in [7, 11) is 0. The molecular weight excluding hydrogens is 386 g/mol. The molecule has 25 heavy (non-hydrogen) atoms. The number of carboxylic acid groups (broad SMARTS) is 1. The van der Waals surface area contributed by atoms with E-state index >= 15 is 0 Å². The maximum atomic E-state index is 12.2. The summed E-state index contributed by atoms with van der Waals surface area (Å²) in [5.74, 6) is -1.11. The Morgan fingerprint density at radius 1 is 1.12 bits per heavy atom. The van der Waals surface area contributed by atoms with Gasteiger partial charge in [-0.05, 0) is 29.8 Å². The van der Waals surface area contributed by atoms with Crippen LogP contribution in [0.5, 0.6) is 0 Å². The lowest BCUT2D eigenvalue weighted by Crippen LogP contribution is -2.28. The zero-order valence-electron chi connectivity index (χ0n) is 13.0. The van der Waals surface area contributed by atoms with E-state index < -0.39 is 5.97 Å². The summed E-state index contributed by atoms with van der Waals surface area (Å²) in [4.78, 5) is 27.1. The molecule has 0 aliphatic heterocycles. The van der Waals surface area contributed by atoms with Crippen LogP contribution in [0.15, 0.2) is 59.2 Å². The maximum absolute atomic E-state index is 12.2. The average molecular weight is 400 g/mol. The van der Waals surface area contributed by atoms with Crippen molar-refractivity contribution in [3.8, 4) is 0 Å². The molecule has 3 rings (SSSR count). The molecule has 0 fully saturated rings. The van der Waals surface area contributed by atoms with Gasteiger partial charge in [0.2, 0.25) is 0 Å². The Balaban J connectivity index is 1.75. The molecule has 2 amide bonds. The molecule has 3 N–H and O–H groups in total. The molecule has 0 radical (unpaired) electrons. The highest BCUT2D eigenvalue weighted by Gasteiger charge is 2.10. The van der Waals surface area contributed by atoms with Gasteiger partial charge in [0.25, 0.3) is 0 Å². The Labute approximate surface area is 152 Å². The molecule has 7 heteroatoms. The minimum Gasteiger partial charge on any atom is -0.477 e. The predicted octanol–water partition coefficient (Wildman–Crippen LogP) is 4.02. The lowest BCUT2D eigenvalue weighted by molar-refractivity contribution is 0.0690. The molecule has 0 saturated carbocycles. The van der Waals surface area contributed by atoms with Gasteiger partial charge in [-0.3, -0.25) is 0 Å². The van der Waals surface area contributed by atoms with Crippen LogP contribution in [0.25, 0.3) is 10.8 Å². The summed E-state index contributed by atoms with van der Waals surface area (Å²) >= 11 is 3.36. The molecule has 6 nitrogen and oxygen atoms in total. The number of nitrogens with one attached hydrogen (secondary N) is 2. The molecule has 0 aliphatic carbocycles. The molecule has 0 unspecified atom stereocenters. The summed E-state index contributed by atoms with van der Waals surface area (Å²) in [5.41, 5.74) is 1.42. The second kappa shape index (κ2) is 7.31. The van der Waals surface area contributed by atoms with Gasteiger partial charge in [0.15, 0.2) is 0 Å². The molecule has 2 aromatic carbocycles. The number of fused-ring (bicyclic) bond motifs is 1. The third-order valence-corrected chi connectivity index (χ3v) is 4.13. The van der Waals surface area contributed by atoms with E-state index in [1.807, 2.05) is 24.3 Å². The second-order valence-corrected chi connectivity index (χ2v) is 6.25. The van der Waals surface area contributed by atoms with Gasteiger partial charge in [-0.1, -0.05) is 40.2 Å². The predicted molar refractivity (Wildman–Crippen MR) is 98.7 cm³/mol. The Kier molecular flexibility index (Phi) is 4.95. The zero-order valence-corrected chi connectivity index (χ0v) is 14.6. The molecule has 126 valence electrons. The van der Waals surface area contributed by atoms with Crippen LogP contribution in [0.2, 0.25) is 0 Å². The fraction of sp³-hybridized carbons (Fsp3) is 0.0556. The maximum Gasteiger partial charge on any atom is 0.354 e. The van der Waals surface area contributed by atoms with Gasteiger partial charge in [0.1, 0.15) is 5.69 Å². The smallest absolute Gasteiger partial charge is 0.354 e. The molecule has 0 spiro atoms. The molecular formula is C18H14BrN3O3. The van der Waals surface area contributed by atoms with Crippen LogP contribution in [-0.2, 0) is 6.54 Å². The fourth-order valence-corrected chi connectivity index (χ4v) is 2.61. The summed E-state index contributed by atoms with van der Waals surface area (Å²) in [6.07, 6.45) is 1.48. The van der Waals surface area contributed by atoms with Crippen molar-refractivity contribution in [1.82, 2.24) is 10.3 Å². The highest BCUT2D eigenvalue weighted by Crippen LogP contribution is 2.23. The fourth-order valence-electron chi connectivity index (χ4n) is 2.35. The van der Waals surface area contributed by atoms with E-state index in [-0.39, 0.29) is 11.7 Å². The van der Waals surface area contributed by atoms with E-state index in [0.29, 0.717) is 17.6 Å². The second-order valence-electron chi connectivity index (χ2n) is 5.34. The normalized spacial score (nSPS) is 10.4. The average Bonchev–Trinajstić information content (AvgIpc) is 2.61. The summed E-state index contributed by atoms with van der Waals surface area (Å²) < 4.78 is 0.972. The van der Waals surface area contributed by atoms with Gasteiger partial charge < -0.3 is 15.7 Å². The largest absolute Gasteiger partial charge is 0.477 e. The van der Waals surface area contributed by atoms with Crippen LogP contribution in [0, 0.1) is 0 Å². The number of amides is 2. The number of benzene rings is 2. The van der Waals surface area contributed by atoms with Gasteiger partial charge in [-0.25, -0.2) is 14.6 Å². The lowest BCUT2D eigenvalue weighted by atomic mass is 10.1. The SMILES string of the molecule is O=C(NCc1ccc(Br)cc1)Nc1cccc2cnc(C(=O)O)cc12. The summed E-state index contributed by atoms with van der Waals surface area (Å²) in [5, 5.41) is 16.0. The van der Waals surface area contributed by atoms with E-state index in [1.54, 1.807) is 18.2 Å². The van der Waals surface area contributed by atoms with Crippen molar-refractivity contribution in [3.05, 3.63) is 70.5 Å². The Bertz CT molecular complexity index is 942. The number of hydrogen-bond acceptors (Lipinski definition) is 3. The van der Waals surface area contributed by atoms with Crippen LogP contribution in [0.1, 0.15) is 16.1 Å². The molecule has 0 bridgehead atoms. The number of pyridine rings is 1. The van der Waals surface area contributed by atoms with Gasteiger partial charge in [-0.2, -0.15) is 0 Å². The molecule has 0 aliphatic rings. The van der Waals surface area contributed by atoms with E-state index in [2.05, 4.69) is 31.5 Å². The minimum absolute atomic E-state index is 0.0722. The van der Waals surface area contributed by atoms with Crippen LogP contribution in [-0.4, -0.2) is 22.1 Å². The number of hydrogen-bond donors (Lipinski definition) is 3. The van der Waals surface area contributed by atoms with Crippen LogP contribution < -0.4 is 10.6 Å². The van der Waals surface area contributed by atoms with Crippen LogP contribution in [0.4, 0.5) is 10.5 Å². The van der Waals surface area contributed by atoms with Crippen molar-refractivity contribution in [2.45, 2.75) is 6.54 Å². The van der Waals surface area contributed by atoms with Crippen LogP contribution >= 0.6 is 15.9 Å². The number of carbonyl (C=O) groups excluding carboxylic acids is 1. The third-order valence-electron chi connectivity index (χ3n) is 3.60.